The number of rotatable bonds is 3. The lowest BCUT2D eigenvalue weighted by atomic mass is 10.1. The van der Waals surface area contributed by atoms with Crippen LogP contribution in [0.2, 0.25) is 0 Å². The third kappa shape index (κ3) is 2.89. The Morgan fingerprint density at radius 1 is 1.15 bits per heavy atom. The number of benzene rings is 3. The van der Waals surface area contributed by atoms with Crippen LogP contribution in [0.15, 0.2) is 78.3 Å². The van der Waals surface area contributed by atoms with E-state index in [0.717, 1.165) is 15.8 Å². The Kier molecular flexibility index (Phi) is 4.27. The zero-order chi connectivity index (χ0) is 18.1. The molecule has 1 aromatic heterocycles. The summed E-state index contributed by atoms with van der Waals surface area (Å²) < 4.78 is 3.19. The summed E-state index contributed by atoms with van der Waals surface area (Å²) in [7, 11) is 0. The maximum absolute atomic E-state index is 12.7. The molecule has 0 atom stereocenters. The standard InChI is InChI=1S/C22H18N2OS/c1-3-13-24-19-12-11-16-8-4-5-10-18(16)20(19)26-22(24)23-21(25)17-9-6-7-15(2)14-17/h3-12,14H,1,13H2,2H3. The average Bonchev–Trinajstić information content (AvgIpc) is 3.00. The van der Waals surface area contributed by atoms with Crippen LogP contribution in [0.3, 0.4) is 0 Å². The fraction of sp³-hybridized carbons (Fsp3) is 0.0909. The van der Waals surface area contributed by atoms with E-state index in [1.807, 2.05) is 47.9 Å². The highest BCUT2D eigenvalue weighted by molar-refractivity contribution is 7.17. The van der Waals surface area contributed by atoms with Gasteiger partial charge in [-0.2, -0.15) is 4.99 Å². The van der Waals surface area contributed by atoms with Crippen LogP contribution in [0.4, 0.5) is 0 Å². The second-order valence-corrected chi connectivity index (χ2v) is 7.18. The van der Waals surface area contributed by atoms with Crippen molar-refractivity contribution < 1.29 is 4.79 Å². The van der Waals surface area contributed by atoms with E-state index in [0.29, 0.717) is 16.9 Å². The molecule has 0 radical (unpaired) electrons. The van der Waals surface area contributed by atoms with Gasteiger partial charge in [-0.05, 0) is 30.5 Å². The largest absolute Gasteiger partial charge is 0.312 e. The van der Waals surface area contributed by atoms with Crippen molar-refractivity contribution in [2.75, 3.05) is 0 Å². The normalized spacial score (nSPS) is 12.0. The molecule has 4 rings (SSSR count). The van der Waals surface area contributed by atoms with E-state index in [1.54, 1.807) is 17.4 Å². The van der Waals surface area contributed by atoms with Crippen LogP contribution in [-0.2, 0) is 6.54 Å². The van der Waals surface area contributed by atoms with E-state index in [-0.39, 0.29) is 5.91 Å². The lowest BCUT2D eigenvalue weighted by Gasteiger charge is -2.03. The Bertz CT molecular complexity index is 1210. The highest BCUT2D eigenvalue weighted by Crippen LogP contribution is 2.27. The number of hydrogen-bond donors (Lipinski definition) is 0. The number of thiazole rings is 1. The minimum Gasteiger partial charge on any atom is -0.312 e. The third-order valence-electron chi connectivity index (χ3n) is 4.35. The lowest BCUT2D eigenvalue weighted by molar-refractivity contribution is 0.0998. The first kappa shape index (κ1) is 16.5. The van der Waals surface area contributed by atoms with Crippen molar-refractivity contribution in [3.8, 4) is 0 Å². The SMILES string of the molecule is C=CCn1c(=NC(=O)c2cccc(C)c2)sc2c3ccccc3ccc21. The van der Waals surface area contributed by atoms with Crippen LogP contribution in [0.1, 0.15) is 15.9 Å². The van der Waals surface area contributed by atoms with Crippen LogP contribution in [0.25, 0.3) is 21.0 Å². The first-order chi connectivity index (χ1) is 12.7. The highest BCUT2D eigenvalue weighted by atomic mass is 32.1. The third-order valence-corrected chi connectivity index (χ3v) is 5.48. The van der Waals surface area contributed by atoms with Crippen molar-refractivity contribution in [2.45, 2.75) is 13.5 Å². The van der Waals surface area contributed by atoms with Crippen molar-refractivity contribution in [1.82, 2.24) is 4.57 Å². The summed E-state index contributed by atoms with van der Waals surface area (Å²) in [6, 6.07) is 20.0. The van der Waals surface area contributed by atoms with Gasteiger partial charge in [-0.25, -0.2) is 0 Å². The Balaban J connectivity index is 1.96. The summed E-state index contributed by atoms with van der Waals surface area (Å²) in [5.74, 6) is -0.220. The molecule has 1 amide bonds. The van der Waals surface area contributed by atoms with Crippen LogP contribution in [-0.4, -0.2) is 10.5 Å². The van der Waals surface area contributed by atoms with Crippen LogP contribution < -0.4 is 4.80 Å². The van der Waals surface area contributed by atoms with Gasteiger partial charge < -0.3 is 4.57 Å². The topological polar surface area (TPSA) is 34.4 Å². The fourth-order valence-corrected chi connectivity index (χ4v) is 4.29. The summed E-state index contributed by atoms with van der Waals surface area (Å²) in [5.41, 5.74) is 2.73. The number of allylic oxidation sites excluding steroid dienone is 1. The molecule has 3 nitrogen and oxygen atoms in total. The average molecular weight is 358 g/mol. The smallest absolute Gasteiger partial charge is 0.279 e. The number of nitrogens with zero attached hydrogens (tertiary/aromatic N) is 2. The maximum Gasteiger partial charge on any atom is 0.279 e. The molecule has 0 aliphatic carbocycles. The highest BCUT2D eigenvalue weighted by Gasteiger charge is 2.11. The van der Waals surface area contributed by atoms with E-state index >= 15 is 0 Å². The van der Waals surface area contributed by atoms with Crippen molar-refractivity contribution in [3.05, 3.63) is 89.2 Å². The van der Waals surface area contributed by atoms with Gasteiger partial charge in [0.05, 0.1) is 10.2 Å². The Morgan fingerprint density at radius 2 is 2.00 bits per heavy atom. The molecular weight excluding hydrogens is 340 g/mol. The van der Waals surface area contributed by atoms with Gasteiger partial charge >= 0.3 is 0 Å². The molecule has 26 heavy (non-hydrogen) atoms. The first-order valence-electron chi connectivity index (χ1n) is 8.45. The second-order valence-electron chi connectivity index (χ2n) is 6.21. The van der Waals surface area contributed by atoms with Gasteiger partial charge in [0, 0.05) is 17.5 Å². The molecule has 0 saturated heterocycles. The number of carbonyl (C=O) groups is 1. The molecule has 4 heteroatoms. The monoisotopic (exact) mass is 358 g/mol. The minimum absolute atomic E-state index is 0.220. The molecule has 1 heterocycles. The molecule has 0 fully saturated rings. The van der Waals surface area contributed by atoms with Gasteiger partial charge in [0.1, 0.15) is 0 Å². The number of hydrogen-bond acceptors (Lipinski definition) is 2. The van der Waals surface area contributed by atoms with Gasteiger partial charge in [0.2, 0.25) is 0 Å². The Labute approximate surface area is 155 Å². The number of aryl methyl sites for hydroxylation is 1. The number of carbonyl (C=O) groups excluding carboxylic acids is 1. The first-order valence-corrected chi connectivity index (χ1v) is 9.27. The molecule has 0 aliphatic heterocycles. The molecule has 0 bridgehead atoms. The molecule has 0 N–H and O–H groups in total. The lowest BCUT2D eigenvalue weighted by Crippen LogP contribution is -2.16. The number of amides is 1. The van der Waals surface area contributed by atoms with Gasteiger partial charge in [-0.3, -0.25) is 4.79 Å². The van der Waals surface area contributed by atoms with Crippen molar-refractivity contribution in [1.29, 1.82) is 0 Å². The van der Waals surface area contributed by atoms with Gasteiger partial charge in [-0.15, -0.1) is 6.58 Å². The molecular formula is C22H18N2OS. The fourth-order valence-electron chi connectivity index (χ4n) is 3.12. The maximum atomic E-state index is 12.7. The quantitative estimate of drug-likeness (QED) is 0.470. The summed E-state index contributed by atoms with van der Waals surface area (Å²) in [4.78, 5) is 17.8. The molecule has 128 valence electrons. The van der Waals surface area contributed by atoms with Crippen LogP contribution in [0, 0.1) is 6.92 Å². The molecule has 4 aromatic rings. The molecule has 0 saturated carbocycles. The minimum atomic E-state index is -0.220. The van der Waals surface area contributed by atoms with Gasteiger partial charge in [-0.1, -0.05) is 65.4 Å². The Hall–Kier alpha value is -2.98. The zero-order valence-electron chi connectivity index (χ0n) is 14.5. The molecule has 0 unspecified atom stereocenters. The zero-order valence-corrected chi connectivity index (χ0v) is 15.3. The van der Waals surface area contributed by atoms with E-state index < -0.39 is 0 Å². The number of aromatic nitrogens is 1. The summed E-state index contributed by atoms with van der Waals surface area (Å²) >= 11 is 1.55. The van der Waals surface area contributed by atoms with E-state index in [1.165, 1.54) is 10.8 Å². The summed E-state index contributed by atoms with van der Waals surface area (Å²) in [6.07, 6.45) is 1.83. The number of fused-ring (bicyclic) bond motifs is 3. The predicted molar refractivity (Wildman–Crippen MR) is 109 cm³/mol. The van der Waals surface area contributed by atoms with Gasteiger partial charge in [0.25, 0.3) is 5.91 Å². The second kappa shape index (κ2) is 6.73. The van der Waals surface area contributed by atoms with Crippen molar-refractivity contribution in [2.24, 2.45) is 4.99 Å². The molecule has 0 aliphatic rings. The predicted octanol–water partition coefficient (Wildman–Crippen LogP) is 5.09. The van der Waals surface area contributed by atoms with Crippen molar-refractivity contribution >= 4 is 38.2 Å². The molecule has 3 aromatic carbocycles. The summed E-state index contributed by atoms with van der Waals surface area (Å²) in [6.45, 7) is 6.43. The van der Waals surface area contributed by atoms with E-state index in [9.17, 15) is 4.79 Å². The summed E-state index contributed by atoms with van der Waals surface area (Å²) in [5, 5.41) is 2.36. The van der Waals surface area contributed by atoms with Crippen LogP contribution in [0.5, 0.6) is 0 Å². The van der Waals surface area contributed by atoms with E-state index in [2.05, 4.69) is 35.8 Å². The van der Waals surface area contributed by atoms with Crippen LogP contribution >= 0.6 is 11.3 Å². The van der Waals surface area contributed by atoms with Crippen molar-refractivity contribution in [3.63, 3.8) is 0 Å². The van der Waals surface area contributed by atoms with E-state index in [4.69, 9.17) is 0 Å². The molecule has 0 spiro atoms. The van der Waals surface area contributed by atoms with Gasteiger partial charge in [0.15, 0.2) is 4.80 Å². The Morgan fingerprint density at radius 3 is 2.81 bits per heavy atom.